The van der Waals surface area contributed by atoms with Crippen LogP contribution in [0.5, 0.6) is 5.75 Å². The van der Waals surface area contributed by atoms with Crippen molar-refractivity contribution in [2.24, 2.45) is 0 Å². The molecule has 1 saturated carbocycles. The molecule has 82 valence electrons. The smallest absolute Gasteiger partial charge is 0.257 e. The molecule has 1 heterocycles. The van der Waals surface area contributed by atoms with Gasteiger partial charge in [0.15, 0.2) is 5.82 Å². The topological polar surface area (TPSA) is 59.2 Å². The van der Waals surface area contributed by atoms with Gasteiger partial charge in [0.1, 0.15) is 5.75 Å². The van der Waals surface area contributed by atoms with E-state index in [9.17, 15) is 5.11 Å². The Morgan fingerprint density at radius 3 is 2.88 bits per heavy atom. The van der Waals surface area contributed by atoms with E-state index >= 15 is 0 Å². The van der Waals surface area contributed by atoms with Crippen LogP contribution in [0.3, 0.4) is 0 Å². The SMILES string of the molecule is Cc1cc(-c2nc(C3CC3)no2)ccc1O. The van der Waals surface area contributed by atoms with Crippen molar-refractivity contribution in [2.45, 2.75) is 25.7 Å². The van der Waals surface area contributed by atoms with Crippen molar-refractivity contribution in [3.63, 3.8) is 0 Å². The second-order valence-corrected chi connectivity index (χ2v) is 4.23. The Labute approximate surface area is 92.9 Å². The van der Waals surface area contributed by atoms with E-state index in [4.69, 9.17) is 4.52 Å². The van der Waals surface area contributed by atoms with Gasteiger partial charge in [-0.05, 0) is 43.5 Å². The first-order chi connectivity index (χ1) is 7.74. The molecule has 1 fully saturated rings. The van der Waals surface area contributed by atoms with Crippen LogP contribution in [-0.2, 0) is 0 Å². The quantitative estimate of drug-likeness (QED) is 0.838. The highest BCUT2D eigenvalue weighted by molar-refractivity contribution is 5.56. The average molecular weight is 216 g/mol. The summed E-state index contributed by atoms with van der Waals surface area (Å²) < 4.78 is 5.20. The maximum absolute atomic E-state index is 9.43. The summed E-state index contributed by atoms with van der Waals surface area (Å²) in [6.45, 7) is 1.84. The van der Waals surface area contributed by atoms with Gasteiger partial charge in [0, 0.05) is 11.5 Å². The fourth-order valence-electron chi connectivity index (χ4n) is 1.65. The number of rotatable bonds is 2. The highest BCUT2D eigenvalue weighted by Gasteiger charge is 2.28. The van der Waals surface area contributed by atoms with Crippen molar-refractivity contribution in [2.75, 3.05) is 0 Å². The summed E-state index contributed by atoms with van der Waals surface area (Å²) in [5.41, 5.74) is 1.67. The molecule has 1 aromatic heterocycles. The third-order valence-electron chi connectivity index (χ3n) is 2.83. The number of benzene rings is 1. The first-order valence-corrected chi connectivity index (χ1v) is 5.37. The lowest BCUT2D eigenvalue weighted by atomic mass is 10.1. The van der Waals surface area contributed by atoms with Gasteiger partial charge >= 0.3 is 0 Å². The number of hydrogen-bond donors (Lipinski definition) is 1. The normalized spacial score (nSPS) is 15.3. The van der Waals surface area contributed by atoms with Gasteiger partial charge in [-0.3, -0.25) is 0 Å². The van der Waals surface area contributed by atoms with E-state index in [-0.39, 0.29) is 5.75 Å². The minimum Gasteiger partial charge on any atom is -0.508 e. The molecule has 4 nitrogen and oxygen atoms in total. The maximum atomic E-state index is 9.43. The molecule has 0 aliphatic heterocycles. The van der Waals surface area contributed by atoms with Crippen LogP contribution in [0.1, 0.15) is 30.1 Å². The Bertz CT molecular complexity index is 530. The van der Waals surface area contributed by atoms with Crippen molar-refractivity contribution in [1.29, 1.82) is 0 Å². The lowest BCUT2D eigenvalue weighted by molar-refractivity contribution is 0.422. The Morgan fingerprint density at radius 2 is 2.19 bits per heavy atom. The molecule has 4 heteroatoms. The average Bonchev–Trinajstić information content (AvgIpc) is 3.01. The molecule has 1 aliphatic rings. The Kier molecular flexibility index (Phi) is 1.96. The van der Waals surface area contributed by atoms with Gasteiger partial charge in [0.25, 0.3) is 5.89 Å². The largest absolute Gasteiger partial charge is 0.508 e. The van der Waals surface area contributed by atoms with Crippen LogP contribution in [0, 0.1) is 6.92 Å². The predicted molar refractivity (Wildman–Crippen MR) is 58.1 cm³/mol. The lowest BCUT2D eigenvalue weighted by Crippen LogP contribution is -1.83. The molecule has 1 N–H and O–H groups in total. The molecule has 0 amide bonds. The summed E-state index contributed by atoms with van der Waals surface area (Å²) in [4.78, 5) is 4.35. The van der Waals surface area contributed by atoms with Gasteiger partial charge in [-0.15, -0.1) is 0 Å². The van der Waals surface area contributed by atoms with Gasteiger partial charge in [-0.2, -0.15) is 4.98 Å². The molecule has 0 saturated heterocycles. The number of aromatic hydroxyl groups is 1. The second kappa shape index (κ2) is 3.33. The van der Waals surface area contributed by atoms with Gasteiger partial charge in [-0.25, -0.2) is 0 Å². The first-order valence-electron chi connectivity index (χ1n) is 5.37. The van der Waals surface area contributed by atoms with E-state index in [1.54, 1.807) is 12.1 Å². The highest BCUT2D eigenvalue weighted by Crippen LogP contribution is 2.39. The summed E-state index contributed by atoms with van der Waals surface area (Å²) in [5.74, 6) is 2.12. The molecule has 1 aromatic carbocycles. The third kappa shape index (κ3) is 1.56. The third-order valence-corrected chi connectivity index (χ3v) is 2.83. The molecule has 0 spiro atoms. The fraction of sp³-hybridized carbons (Fsp3) is 0.333. The summed E-state index contributed by atoms with van der Waals surface area (Å²) in [5, 5.41) is 13.4. The number of phenolic OH excluding ortho intramolecular Hbond substituents is 1. The summed E-state index contributed by atoms with van der Waals surface area (Å²) in [7, 11) is 0. The zero-order chi connectivity index (χ0) is 11.1. The van der Waals surface area contributed by atoms with Crippen LogP contribution in [0.2, 0.25) is 0 Å². The first kappa shape index (κ1) is 9.39. The molecular formula is C12H12N2O2. The summed E-state index contributed by atoms with van der Waals surface area (Å²) in [6, 6.07) is 5.28. The maximum Gasteiger partial charge on any atom is 0.257 e. The van der Waals surface area contributed by atoms with Crippen LogP contribution in [0.4, 0.5) is 0 Å². The molecule has 2 aromatic rings. The van der Waals surface area contributed by atoms with Crippen molar-refractivity contribution in [3.05, 3.63) is 29.6 Å². The van der Waals surface area contributed by atoms with Crippen LogP contribution in [0.25, 0.3) is 11.5 Å². The van der Waals surface area contributed by atoms with Crippen molar-refractivity contribution in [3.8, 4) is 17.2 Å². The number of hydrogen-bond acceptors (Lipinski definition) is 4. The van der Waals surface area contributed by atoms with E-state index < -0.39 is 0 Å². The molecule has 0 bridgehead atoms. The Hall–Kier alpha value is -1.84. The minimum absolute atomic E-state index is 0.283. The van der Waals surface area contributed by atoms with Crippen LogP contribution in [0.15, 0.2) is 22.7 Å². The van der Waals surface area contributed by atoms with E-state index in [1.165, 1.54) is 0 Å². The van der Waals surface area contributed by atoms with Gasteiger partial charge in [-0.1, -0.05) is 5.16 Å². The number of phenols is 1. The van der Waals surface area contributed by atoms with Gasteiger partial charge < -0.3 is 9.63 Å². The zero-order valence-electron chi connectivity index (χ0n) is 8.97. The Morgan fingerprint density at radius 1 is 1.38 bits per heavy atom. The molecule has 0 unspecified atom stereocenters. The van der Waals surface area contributed by atoms with Crippen molar-refractivity contribution < 1.29 is 9.63 Å². The van der Waals surface area contributed by atoms with E-state index in [0.717, 1.165) is 29.8 Å². The zero-order valence-corrected chi connectivity index (χ0v) is 8.97. The predicted octanol–water partition coefficient (Wildman–Crippen LogP) is 2.63. The van der Waals surface area contributed by atoms with Gasteiger partial charge in [0.2, 0.25) is 0 Å². The molecule has 0 radical (unpaired) electrons. The molecule has 16 heavy (non-hydrogen) atoms. The standard InChI is InChI=1S/C12H12N2O2/c1-7-6-9(4-5-10(7)15)12-13-11(14-16-12)8-2-3-8/h4-6,8,15H,2-3H2,1H3. The number of nitrogens with zero attached hydrogens (tertiary/aromatic N) is 2. The second-order valence-electron chi connectivity index (χ2n) is 4.23. The molecule has 1 aliphatic carbocycles. The van der Waals surface area contributed by atoms with Crippen LogP contribution in [-0.4, -0.2) is 15.2 Å². The van der Waals surface area contributed by atoms with Crippen molar-refractivity contribution in [1.82, 2.24) is 10.1 Å². The van der Waals surface area contributed by atoms with Crippen LogP contribution >= 0.6 is 0 Å². The van der Waals surface area contributed by atoms with E-state index in [0.29, 0.717) is 11.8 Å². The lowest BCUT2D eigenvalue weighted by Gasteiger charge is -1.99. The monoisotopic (exact) mass is 216 g/mol. The van der Waals surface area contributed by atoms with Crippen LogP contribution < -0.4 is 0 Å². The van der Waals surface area contributed by atoms with Crippen molar-refractivity contribution >= 4 is 0 Å². The highest BCUT2D eigenvalue weighted by atomic mass is 16.5. The Balaban J connectivity index is 1.97. The number of aryl methyl sites for hydroxylation is 1. The fourth-order valence-corrected chi connectivity index (χ4v) is 1.65. The summed E-state index contributed by atoms with van der Waals surface area (Å²) >= 11 is 0. The molecule has 0 atom stereocenters. The van der Waals surface area contributed by atoms with Gasteiger partial charge in [0.05, 0.1) is 0 Å². The molecular weight excluding hydrogens is 204 g/mol. The number of aromatic nitrogens is 2. The summed E-state index contributed by atoms with van der Waals surface area (Å²) in [6.07, 6.45) is 2.32. The minimum atomic E-state index is 0.283. The van der Waals surface area contributed by atoms with E-state index in [1.807, 2.05) is 13.0 Å². The molecule has 3 rings (SSSR count). The van der Waals surface area contributed by atoms with E-state index in [2.05, 4.69) is 10.1 Å².